The Balaban J connectivity index is 2.05. The fourth-order valence-corrected chi connectivity index (χ4v) is 2.28. The Morgan fingerprint density at radius 3 is 3.00 bits per heavy atom. The predicted molar refractivity (Wildman–Crippen MR) is 66.3 cm³/mol. The van der Waals surface area contributed by atoms with Gasteiger partial charge in [-0.25, -0.2) is 4.98 Å². The van der Waals surface area contributed by atoms with Gasteiger partial charge in [0.25, 0.3) is 5.91 Å². The molecule has 2 heterocycles. The number of likely N-dealkylation sites (N-methyl/N-ethyl adjacent to an activating group) is 1. The first-order chi connectivity index (χ1) is 8.63. The molecule has 1 amide bonds. The number of carbonyl (C=O) groups is 1. The van der Waals surface area contributed by atoms with Crippen molar-refractivity contribution in [2.45, 2.75) is 45.3 Å². The van der Waals surface area contributed by atoms with Crippen LogP contribution < -0.4 is 0 Å². The second-order valence-corrected chi connectivity index (χ2v) is 4.70. The number of hydrogen-bond acceptors (Lipinski definition) is 4. The molecule has 6 heteroatoms. The van der Waals surface area contributed by atoms with Crippen LogP contribution in [0.15, 0.2) is 0 Å². The normalized spacial score (nSPS) is 23.3. The molecule has 1 aliphatic heterocycles. The summed E-state index contributed by atoms with van der Waals surface area (Å²) in [5.41, 5.74) is 0. The molecule has 18 heavy (non-hydrogen) atoms. The van der Waals surface area contributed by atoms with E-state index in [1.54, 1.807) is 11.9 Å². The number of nitrogens with one attached hydrogen (secondary N) is 1. The number of H-pyrrole nitrogens is 1. The fourth-order valence-electron chi connectivity index (χ4n) is 2.28. The van der Waals surface area contributed by atoms with Gasteiger partial charge in [-0.1, -0.05) is 6.92 Å². The van der Waals surface area contributed by atoms with Gasteiger partial charge in [-0.2, -0.15) is 0 Å². The minimum absolute atomic E-state index is 0.0769. The van der Waals surface area contributed by atoms with Crippen LogP contribution in [0.5, 0.6) is 0 Å². The zero-order chi connectivity index (χ0) is 13.1. The van der Waals surface area contributed by atoms with Crippen molar-refractivity contribution in [3.8, 4) is 0 Å². The fraction of sp³-hybridized carbons (Fsp3) is 0.750. The van der Waals surface area contributed by atoms with Crippen LogP contribution in [0.2, 0.25) is 0 Å². The molecule has 1 saturated heterocycles. The van der Waals surface area contributed by atoms with Crippen LogP contribution in [0.3, 0.4) is 0 Å². The van der Waals surface area contributed by atoms with Crippen molar-refractivity contribution in [3.63, 3.8) is 0 Å². The maximum Gasteiger partial charge on any atom is 0.293 e. The van der Waals surface area contributed by atoms with Crippen molar-refractivity contribution < 1.29 is 9.53 Å². The summed E-state index contributed by atoms with van der Waals surface area (Å²) in [7, 11) is 1.79. The SMILES string of the molecule is CCCc1nc(C(=O)N(C)C2CCOC2C)n[nH]1. The number of carbonyl (C=O) groups excluding carboxylic acids is 1. The third-order valence-corrected chi connectivity index (χ3v) is 3.36. The van der Waals surface area contributed by atoms with Gasteiger partial charge in [-0.3, -0.25) is 9.89 Å². The van der Waals surface area contributed by atoms with Gasteiger partial charge in [0.1, 0.15) is 5.82 Å². The smallest absolute Gasteiger partial charge is 0.293 e. The van der Waals surface area contributed by atoms with E-state index < -0.39 is 0 Å². The van der Waals surface area contributed by atoms with E-state index in [1.165, 1.54) is 0 Å². The van der Waals surface area contributed by atoms with Gasteiger partial charge >= 0.3 is 0 Å². The molecule has 2 unspecified atom stereocenters. The van der Waals surface area contributed by atoms with E-state index in [9.17, 15) is 4.79 Å². The first-order valence-electron chi connectivity index (χ1n) is 6.43. The van der Waals surface area contributed by atoms with E-state index in [4.69, 9.17) is 4.74 Å². The van der Waals surface area contributed by atoms with E-state index in [1.807, 2.05) is 6.92 Å². The highest BCUT2D eigenvalue weighted by molar-refractivity contribution is 5.90. The Kier molecular flexibility index (Phi) is 3.96. The molecule has 1 aliphatic rings. The molecular formula is C12H20N4O2. The lowest BCUT2D eigenvalue weighted by molar-refractivity contribution is 0.0565. The lowest BCUT2D eigenvalue weighted by Gasteiger charge is -2.25. The summed E-state index contributed by atoms with van der Waals surface area (Å²) < 4.78 is 5.47. The van der Waals surface area contributed by atoms with E-state index in [0.29, 0.717) is 6.61 Å². The van der Waals surface area contributed by atoms with Gasteiger partial charge in [0, 0.05) is 20.1 Å². The standard InChI is InChI=1S/C12H20N4O2/c1-4-5-10-13-11(15-14-10)12(17)16(3)9-6-7-18-8(9)2/h8-9H,4-7H2,1-3H3,(H,13,14,15). The molecule has 2 rings (SSSR count). The molecule has 1 aromatic rings. The van der Waals surface area contributed by atoms with E-state index in [2.05, 4.69) is 22.1 Å². The summed E-state index contributed by atoms with van der Waals surface area (Å²) in [4.78, 5) is 18.1. The molecule has 0 spiro atoms. The van der Waals surface area contributed by atoms with Crippen molar-refractivity contribution in [1.29, 1.82) is 0 Å². The molecule has 1 fully saturated rings. The molecule has 2 atom stereocenters. The largest absolute Gasteiger partial charge is 0.376 e. The lowest BCUT2D eigenvalue weighted by atomic mass is 10.1. The van der Waals surface area contributed by atoms with E-state index in [0.717, 1.165) is 25.1 Å². The van der Waals surface area contributed by atoms with Gasteiger partial charge < -0.3 is 9.64 Å². The molecule has 0 saturated carbocycles. The first kappa shape index (κ1) is 13.0. The average molecular weight is 252 g/mol. The van der Waals surface area contributed by atoms with Crippen LogP contribution >= 0.6 is 0 Å². The van der Waals surface area contributed by atoms with Crippen molar-refractivity contribution in [1.82, 2.24) is 20.1 Å². The highest BCUT2D eigenvalue weighted by Gasteiger charge is 2.32. The lowest BCUT2D eigenvalue weighted by Crippen LogP contribution is -2.41. The molecule has 6 nitrogen and oxygen atoms in total. The molecular weight excluding hydrogens is 232 g/mol. The molecule has 100 valence electrons. The molecule has 0 bridgehead atoms. The summed E-state index contributed by atoms with van der Waals surface area (Å²) in [6, 6.07) is 0.116. The van der Waals surface area contributed by atoms with Gasteiger partial charge in [0.15, 0.2) is 0 Å². The van der Waals surface area contributed by atoms with Crippen molar-refractivity contribution in [2.75, 3.05) is 13.7 Å². The number of aryl methyl sites for hydroxylation is 1. The number of aromatic amines is 1. The van der Waals surface area contributed by atoms with Crippen molar-refractivity contribution >= 4 is 5.91 Å². The quantitative estimate of drug-likeness (QED) is 0.868. The van der Waals surface area contributed by atoms with Crippen LogP contribution in [0.25, 0.3) is 0 Å². The molecule has 0 aliphatic carbocycles. The third-order valence-electron chi connectivity index (χ3n) is 3.36. The van der Waals surface area contributed by atoms with Gasteiger partial charge in [0.05, 0.1) is 12.1 Å². The van der Waals surface area contributed by atoms with Crippen molar-refractivity contribution in [2.24, 2.45) is 0 Å². The van der Waals surface area contributed by atoms with Gasteiger partial charge in [-0.15, -0.1) is 5.10 Å². The average Bonchev–Trinajstić information content (AvgIpc) is 2.97. The summed E-state index contributed by atoms with van der Waals surface area (Å²) >= 11 is 0. The summed E-state index contributed by atoms with van der Waals surface area (Å²) in [5.74, 6) is 0.876. The second kappa shape index (κ2) is 5.48. The third kappa shape index (κ3) is 2.53. The van der Waals surface area contributed by atoms with Gasteiger partial charge in [-0.05, 0) is 19.8 Å². The summed E-state index contributed by atoms with van der Waals surface area (Å²) in [5, 5.41) is 6.79. The number of hydrogen-bond donors (Lipinski definition) is 1. The Bertz CT molecular complexity index is 418. The number of rotatable bonds is 4. The van der Waals surface area contributed by atoms with E-state index >= 15 is 0 Å². The minimum Gasteiger partial charge on any atom is -0.376 e. The Hall–Kier alpha value is -1.43. The van der Waals surface area contributed by atoms with Crippen LogP contribution in [0.4, 0.5) is 0 Å². The highest BCUT2D eigenvalue weighted by Crippen LogP contribution is 2.19. The Morgan fingerprint density at radius 1 is 1.61 bits per heavy atom. The van der Waals surface area contributed by atoms with Crippen LogP contribution in [0.1, 0.15) is 43.1 Å². The Labute approximate surface area is 107 Å². The zero-order valence-electron chi connectivity index (χ0n) is 11.1. The predicted octanol–water partition coefficient (Wildman–Crippen LogP) is 1.01. The van der Waals surface area contributed by atoms with Crippen LogP contribution in [-0.4, -0.2) is 51.8 Å². The molecule has 1 aromatic heterocycles. The number of nitrogens with zero attached hydrogens (tertiary/aromatic N) is 3. The minimum atomic E-state index is -0.143. The Morgan fingerprint density at radius 2 is 2.39 bits per heavy atom. The van der Waals surface area contributed by atoms with Crippen molar-refractivity contribution in [3.05, 3.63) is 11.6 Å². The highest BCUT2D eigenvalue weighted by atomic mass is 16.5. The summed E-state index contributed by atoms with van der Waals surface area (Å²) in [6.45, 7) is 4.76. The molecule has 0 aromatic carbocycles. The number of aromatic nitrogens is 3. The maximum atomic E-state index is 12.2. The zero-order valence-corrected chi connectivity index (χ0v) is 11.1. The van der Waals surface area contributed by atoms with Crippen LogP contribution in [0, 0.1) is 0 Å². The number of ether oxygens (including phenoxy) is 1. The topological polar surface area (TPSA) is 71.1 Å². The first-order valence-corrected chi connectivity index (χ1v) is 6.43. The molecule has 0 radical (unpaired) electrons. The monoisotopic (exact) mass is 252 g/mol. The summed E-state index contributed by atoms with van der Waals surface area (Å²) in [6.07, 6.45) is 2.74. The molecule has 1 N–H and O–H groups in total. The number of amides is 1. The van der Waals surface area contributed by atoms with E-state index in [-0.39, 0.29) is 23.9 Å². The second-order valence-electron chi connectivity index (χ2n) is 4.70. The van der Waals surface area contributed by atoms with Gasteiger partial charge in [0.2, 0.25) is 5.82 Å². The maximum absolute atomic E-state index is 12.2. The van der Waals surface area contributed by atoms with Crippen LogP contribution in [-0.2, 0) is 11.2 Å².